The van der Waals surface area contributed by atoms with E-state index < -0.39 is 0 Å². The topological polar surface area (TPSA) is 0 Å². The van der Waals surface area contributed by atoms with Gasteiger partial charge in [-0.1, -0.05) is 141 Å². The van der Waals surface area contributed by atoms with Crippen LogP contribution in [0.4, 0.5) is 0 Å². The molecular weight excluding hydrogens is 492 g/mol. The van der Waals surface area contributed by atoms with E-state index >= 15 is 0 Å². The molecule has 0 saturated heterocycles. The molecule has 192 valence electrons. The van der Waals surface area contributed by atoms with E-state index in [4.69, 9.17) is 0 Å². The van der Waals surface area contributed by atoms with Gasteiger partial charge in [0, 0.05) is 5.41 Å². The molecule has 0 fully saturated rings. The van der Waals surface area contributed by atoms with E-state index in [2.05, 4.69) is 147 Å². The molecule has 1 aliphatic carbocycles. The highest BCUT2D eigenvalue weighted by molar-refractivity contribution is 6.28. The zero-order chi connectivity index (χ0) is 27.3. The van der Waals surface area contributed by atoms with Crippen molar-refractivity contribution < 1.29 is 0 Å². The fraction of sp³-hybridized carbons (Fsp3) is 0.0732. The number of fused-ring (bicyclic) bond motifs is 3. The summed E-state index contributed by atoms with van der Waals surface area (Å²) in [5.41, 5.74) is 8.11. The normalized spacial score (nSPS) is 13.8. The third-order valence-electron chi connectivity index (χ3n) is 9.61. The van der Waals surface area contributed by atoms with Gasteiger partial charge in [0.15, 0.2) is 0 Å². The molecule has 0 atom stereocenters. The summed E-state index contributed by atoms with van der Waals surface area (Å²) >= 11 is 0. The predicted octanol–water partition coefficient (Wildman–Crippen LogP) is 11.4. The van der Waals surface area contributed by atoms with E-state index in [-0.39, 0.29) is 5.41 Å². The van der Waals surface area contributed by atoms with Crippen molar-refractivity contribution in [3.8, 4) is 22.3 Å². The number of hydrogen-bond donors (Lipinski definition) is 0. The summed E-state index contributed by atoms with van der Waals surface area (Å²) < 4.78 is 0. The lowest BCUT2D eigenvalue weighted by molar-refractivity contribution is 0.663. The smallest absolute Gasteiger partial charge is 0.0159 e. The average molecular weight is 521 g/mol. The molecule has 1 aliphatic rings. The van der Waals surface area contributed by atoms with E-state index in [1.54, 1.807) is 0 Å². The molecule has 8 aromatic rings. The van der Waals surface area contributed by atoms with Crippen LogP contribution in [0.5, 0.6) is 0 Å². The molecule has 8 aromatic carbocycles. The van der Waals surface area contributed by atoms with Crippen molar-refractivity contribution in [2.24, 2.45) is 0 Å². The summed E-state index contributed by atoms with van der Waals surface area (Å²) in [5, 5.41) is 13.3. The molecule has 9 rings (SSSR count). The van der Waals surface area contributed by atoms with Crippen LogP contribution < -0.4 is 0 Å². The van der Waals surface area contributed by atoms with Crippen LogP contribution >= 0.6 is 0 Å². The van der Waals surface area contributed by atoms with Crippen molar-refractivity contribution in [3.63, 3.8) is 0 Å². The van der Waals surface area contributed by atoms with E-state index in [0.29, 0.717) is 0 Å². The van der Waals surface area contributed by atoms with Crippen LogP contribution in [0.15, 0.2) is 133 Å². The Labute approximate surface area is 239 Å². The molecule has 0 heteroatoms. The van der Waals surface area contributed by atoms with Crippen LogP contribution in [0.1, 0.15) is 25.0 Å². The maximum absolute atomic E-state index is 2.46. The molecule has 0 N–H and O–H groups in total. The second-order valence-corrected chi connectivity index (χ2v) is 12.0. The first-order chi connectivity index (χ1) is 20.1. The third kappa shape index (κ3) is 2.95. The zero-order valence-corrected chi connectivity index (χ0v) is 23.2. The molecule has 0 amide bonds. The van der Waals surface area contributed by atoms with Gasteiger partial charge in [-0.2, -0.15) is 0 Å². The Morgan fingerprint density at radius 2 is 0.829 bits per heavy atom. The van der Waals surface area contributed by atoms with Crippen LogP contribution in [-0.2, 0) is 5.41 Å². The number of rotatable bonds is 2. The fourth-order valence-electron chi connectivity index (χ4n) is 7.79. The van der Waals surface area contributed by atoms with Crippen molar-refractivity contribution in [1.29, 1.82) is 0 Å². The van der Waals surface area contributed by atoms with Gasteiger partial charge in [-0.3, -0.25) is 0 Å². The minimum Gasteiger partial charge on any atom is -0.0616 e. The van der Waals surface area contributed by atoms with Gasteiger partial charge in [-0.05, 0) is 93.3 Å². The summed E-state index contributed by atoms with van der Waals surface area (Å²) in [5.74, 6) is 0. The second-order valence-electron chi connectivity index (χ2n) is 12.0. The molecule has 0 radical (unpaired) electrons. The Morgan fingerprint density at radius 3 is 1.51 bits per heavy atom. The minimum atomic E-state index is -0.0116. The molecule has 0 saturated carbocycles. The van der Waals surface area contributed by atoms with Gasteiger partial charge in [0.05, 0.1) is 0 Å². The van der Waals surface area contributed by atoms with E-state index in [9.17, 15) is 0 Å². The summed E-state index contributed by atoms with van der Waals surface area (Å²) in [4.78, 5) is 0. The van der Waals surface area contributed by atoms with Crippen molar-refractivity contribution in [2.75, 3.05) is 0 Å². The van der Waals surface area contributed by atoms with Crippen LogP contribution in [0.2, 0.25) is 0 Å². The lowest BCUT2D eigenvalue weighted by atomic mass is 9.81. The number of benzene rings is 8. The molecule has 0 aromatic heterocycles. The third-order valence-corrected chi connectivity index (χ3v) is 9.61. The first-order valence-corrected chi connectivity index (χ1v) is 14.5. The monoisotopic (exact) mass is 520 g/mol. The van der Waals surface area contributed by atoms with Gasteiger partial charge < -0.3 is 0 Å². The predicted molar refractivity (Wildman–Crippen MR) is 177 cm³/mol. The standard InChI is InChI=1S/C41H28/c1-41(2)35-22-10-14-26-24-34(33-21-11-23-36(41)40(33)37(26)35)39-31-18-7-5-16-29(31)38(30-17-6-8-19-32(30)39)28-20-9-13-25-12-3-4-15-27(25)28/h3-24H,1-2H3. The lowest BCUT2D eigenvalue weighted by Crippen LogP contribution is -2.14. The van der Waals surface area contributed by atoms with Crippen molar-refractivity contribution >= 4 is 53.9 Å². The first kappa shape index (κ1) is 22.8. The molecule has 0 heterocycles. The van der Waals surface area contributed by atoms with Crippen LogP contribution in [0.3, 0.4) is 0 Å². The molecule has 0 unspecified atom stereocenters. The lowest BCUT2D eigenvalue weighted by Gasteiger charge is -2.22. The summed E-state index contributed by atoms with van der Waals surface area (Å²) in [7, 11) is 0. The van der Waals surface area contributed by atoms with Crippen LogP contribution in [-0.4, -0.2) is 0 Å². The highest BCUT2D eigenvalue weighted by Gasteiger charge is 2.34. The summed E-state index contributed by atoms with van der Waals surface area (Å²) in [6.45, 7) is 4.75. The van der Waals surface area contributed by atoms with Gasteiger partial charge in [-0.15, -0.1) is 0 Å². The number of hydrogen-bond acceptors (Lipinski definition) is 0. The van der Waals surface area contributed by atoms with Crippen molar-refractivity contribution in [2.45, 2.75) is 19.3 Å². The molecule has 0 aliphatic heterocycles. The molecule has 0 nitrogen and oxygen atoms in total. The van der Waals surface area contributed by atoms with Gasteiger partial charge in [0.1, 0.15) is 0 Å². The van der Waals surface area contributed by atoms with Gasteiger partial charge in [0.2, 0.25) is 0 Å². The minimum absolute atomic E-state index is 0.0116. The average Bonchev–Trinajstić information content (AvgIpc) is 3.26. The van der Waals surface area contributed by atoms with E-state index in [1.165, 1.54) is 87.2 Å². The van der Waals surface area contributed by atoms with Gasteiger partial charge >= 0.3 is 0 Å². The molecular formula is C41H28. The fourth-order valence-corrected chi connectivity index (χ4v) is 7.79. The second kappa shape index (κ2) is 8.05. The van der Waals surface area contributed by atoms with Gasteiger partial charge in [0.25, 0.3) is 0 Å². The first-order valence-electron chi connectivity index (χ1n) is 14.5. The van der Waals surface area contributed by atoms with Gasteiger partial charge in [-0.25, -0.2) is 0 Å². The van der Waals surface area contributed by atoms with Crippen LogP contribution in [0, 0.1) is 0 Å². The van der Waals surface area contributed by atoms with Crippen molar-refractivity contribution in [3.05, 3.63) is 145 Å². The molecule has 0 bridgehead atoms. The quantitative estimate of drug-likeness (QED) is 0.157. The van der Waals surface area contributed by atoms with Crippen LogP contribution in [0.25, 0.3) is 76.1 Å². The van der Waals surface area contributed by atoms with Crippen molar-refractivity contribution in [1.82, 2.24) is 0 Å². The Bertz CT molecular complexity index is 2320. The Balaban J connectivity index is 1.49. The summed E-state index contributed by atoms with van der Waals surface area (Å²) in [6.07, 6.45) is 0. The Kier molecular flexibility index (Phi) is 4.49. The molecule has 0 spiro atoms. The highest BCUT2D eigenvalue weighted by atomic mass is 14.4. The van der Waals surface area contributed by atoms with E-state index in [0.717, 1.165) is 0 Å². The molecule has 41 heavy (non-hydrogen) atoms. The van der Waals surface area contributed by atoms with E-state index in [1.807, 2.05) is 0 Å². The highest BCUT2D eigenvalue weighted by Crippen LogP contribution is 2.53. The maximum atomic E-state index is 2.46. The Morgan fingerprint density at radius 1 is 0.366 bits per heavy atom. The zero-order valence-electron chi connectivity index (χ0n) is 23.2. The SMILES string of the molecule is CC1(C)c2cccc3cc(-c4c5ccccc5c(-c5cccc6ccccc56)c5ccccc45)c4cccc1c4c23. The maximum Gasteiger partial charge on any atom is 0.0159 e. The Hall–Kier alpha value is -4.94. The largest absolute Gasteiger partial charge is 0.0616 e. The summed E-state index contributed by atoms with van der Waals surface area (Å²) in [6, 6.07) is 49.8.